The predicted octanol–water partition coefficient (Wildman–Crippen LogP) is 3.42. The van der Waals surface area contributed by atoms with Crippen LogP contribution in [-0.4, -0.2) is 24.8 Å². The molecule has 1 fully saturated rings. The van der Waals surface area contributed by atoms with Crippen molar-refractivity contribution in [3.63, 3.8) is 0 Å². The molecule has 1 saturated carbocycles. The SMILES string of the molecule is CCCCOC(=O)[C@H](C1CCCCC1)[C@@H](N)C(F)(F)F. The van der Waals surface area contributed by atoms with Gasteiger partial charge in [-0.25, -0.2) is 0 Å². The Balaban J connectivity index is 2.74. The number of hydrogen-bond donors (Lipinski definition) is 1. The van der Waals surface area contributed by atoms with Gasteiger partial charge in [0.15, 0.2) is 0 Å². The van der Waals surface area contributed by atoms with Crippen molar-refractivity contribution in [1.82, 2.24) is 0 Å². The summed E-state index contributed by atoms with van der Waals surface area (Å²) in [4.78, 5) is 12.0. The van der Waals surface area contributed by atoms with E-state index < -0.39 is 24.1 Å². The average molecular weight is 295 g/mol. The summed E-state index contributed by atoms with van der Waals surface area (Å²) in [6, 6.07) is -2.13. The van der Waals surface area contributed by atoms with Crippen LogP contribution in [0.2, 0.25) is 0 Å². The Morgan fingerprint density at radius 1 is 1.30 bits per heavy atom. The van der Waals surface area contributed by atoms with Gasteiger partial charge in [-0.3, -0.25) is 4.79 Å². The molecule has 2 atom stereocenters. The van der Waals surface area contributed by atoms with Gasteiger partial charge in [-0.05, 0) is 25.2 Å². The Hall–Kier alpha value is -0.780. The van der Waals surface area contributed by atoms with E-state index in [1.165, 1.54) is 0 Å². The summed E-state index contributed by atoms with van der Waals surface area (Å²) in [5.41, 5.74) is 5.31. The van der Waals surface area contributed by atoms with Crippen molar-refractivity contribution >= 4 is 5.97 Å². The topological polar surface area (TPSA) is 52.3 Å². The van der Waals surface area contributed by atoms with Crippen molar-refractivity contribution in [3.05, 3.63) is 0 Å². The van der Waals surface area contributed by atoms with E-state index in [0.717, 1.165) is 25.7 Å². The summed E-state index contributed by atoms with van der Waals surface area (Å²) >= 11 is 0. The second kappa shape index (κ2) is 7.86. The zero-order chi connectivity index (χ0) is 15.2. The first-order valence-corrected chi connectivity index (χ1v) is 7.36. The number of rotatable bonds is 6. The number of esters is 1. The highest BCUT2D eigenvalue weighted by Crippen LogP contribution is 2.36. The number of halogens is 3. The smallest absolute Gasteiger partial charge is 0.404 e. The van der Waals surface area contributed by atoms with Gasteiger partial charge >= 0.3 is 12.1 Å². The summed E-state index contributed by atoms with van der Waals surface area (Å²) in [6.45, 7) is 2.09. The molecule has 2 N–H and O–H groups in total. The zero-order valence-electron chi connectivity index (χ0n) is 11.9. The highest BCUT2D eigenvalue weighted by Gasteiger charge is 2.48. The lowest BCUT2D eigenvalue weighted by Gasteiger charge is -2.33. The van der Waals surface area contributed by atoms with Gasteiger partial charge in [0.25, 0.3) is 0 Å². The minimum atomic E-state index is -4.56. The Morgan fingerprint density at radius 2 is 1.90 bits per heavy atom. The normalized spacial score (nSPS) is 20.4. The van der Waals surface area contributed by atoms with E-state index in [0.29, 0.717) is 19.3 Å². The fourth-order valence-corrected chi connectivity index (χ4v) is 2.74. The number of hydrogen-bond acceptors (Lipinski definition) is 3. The van der Waals surface area contributed by atoms with Crippen LogP contribution in [0.4, 0.5) is 13.2 Å². The third-order valence-electron chi connectivity index (χ3n) is 3.94. The summed E-state index contributed by atoms with van der Waals surface area (Å²) in [5.74, 6) is -2.35. The molecular formula is C14H24F3NO2. The van der Waals surface area contributed by atoms with Crippen LogP contribution in [0.25, 0.3) is 0 Å². The first kappa shape index (κ1) is 17.3. The molecule has 1 aliphatic carbocycles. The van der Waals surface area contributed by atoms with Crippen LogP contribution in [0.3, 0.4) is 0 Å². The third-order valence-corrected chi connectivity index (χ3v) is 3.94. The minimum absolute atomic E-state index is 0.170. The maximum Gasteiger partial charge on any atom is 0.404 e. The van der Waals surface area contributed by atoms with Gasteiger partial charge in [0.05, 0.1) is 12.5 Å². The van der Waals surface area contributed by atoms with E-state index in [2.05, 4.69) is 0 Å². The van der Waals surface area contributed by atoms with Crippen molar-refractivity contribution in [2.45, 2.75) is 64.1 Å². The Kier molecular flexibility index (Phi) is 6.79. The van der Waals surface area contributed by atoms with Crippen LogP contribution in [0.5, 0.6) is 0 Å². The first-order valence-electron chi connectivity index (χ1n) is 7.36. The standard InChI is InChI=1S/C14H24F3NO2/c1-2-3-9-20-13(19)11(12(18)14(15,16)17)10-7-5-4-6-8-10/h10-12H,2-9,18H2,1H3/t11-,12-/m1/s1. The molecule has 0 aromatic heterocycles. The number of alkyl halides is 3. The third kappa shape index (κ3) is 4.96. The summed E-state index contributed by atoms with van der Waals surface area (Å²) in [7, 11) is 0. The fourth-order valence-electron chi connectivity index (χ4n) is 2.74. The molecule has 0 saturated heterocycles. The van der Waals surface area contributed by atoms with Crippen LogP contribution in [0.15, 0.2) is 0 Å². The molecule has 0 heterocycles. The lowest BCUT2D eigenvalue weighted by molar-refractivity contribution is -0.182. The first-order chi connectivity index (χ1) is 9.38. The van der Waals surface area contributed by atoms with Gasteiger partial charge < -0.3 is 10.5 Å². The van der Waals surface area contributed by atoms with E-state index in [4.69, 9.17) is 10.5 Å². The van der Waals surface area contributed by atoms with Crippen LogP contribution in [-0.2, 0) is 9.53 Å². The lowest BCUT2D eigenvalue weighted by Crippen LogP contribution is -2.50. The maximum atomic E-state index is 12.9. The number of ether oxygens (including phenoxy) is 1. The molecule has 20 heavy (non-hydrogen) atoms. The molecule has 118 valence electrons. The monoisotopic (exact) mass is 295 g/mol. The van der Waals surface area contributed by atoms with E-state index in [9.17, 15) is 18.0 Å². The fraction of sp³-hybridized carbons (Fsp3) is 0.929. The van der Waals surface area contributed by atoms with Crippen molar-refractivity contribution < 1.29 is 22.7 Å². The quantitative estimate of drug-likeness (QED) is 0.603. The van der Waals surface area contributed by atoms with Gasteiger partial charge in [0.2, 0.25) is 0 Å². The molecule has 0 aliphatic heterocycles. The summed E-state index contributed by atoms with van der Waals surface area (Å²) in [5, 5.41) is 0. The molecule has 0 radical (unpaired) electrons. The average Bonchev–Trinajstić information content (AvgIpc) is 2.39. The van der Waals surface area contributed by atoms with Crippen LogP contribution < -0.4 is 5.73 Å². The minimum Gasteiger partial charge on any atom is -0.465 e. The Morgan fingerprint density at radius 3 is 2.40 bits per heavy atom. The number of carbonyl (C=O) groups excluding carboxylic acids is 1. The number of nitrogens with two attached hydrogens (primary N) is 1. The van der Waals surface area contributed by atoms with E-state index in [-0.39, 0.29) is 12.5 Å². The second-order valence-corrected chi connectivity index (χ2v) is 5.51. The van der Waals surface area contributed by atoms with Gasteiger partial charge in [0, 0.05) is 0 Å². The Bertz CT molecular complexity index is 301. The molecule has 3 nitrogen and oxygen atoms in total. The summed E-state index contributed by atoms with van der Waals surface area (Å²) < 4.78 is 43.6. The maximum absolute atomic E-state index is 12.9. The van der Waals surface area contributed by atoms with Gasteiger partial charge in [-0.2, -0.15) is 13.2 Å². The number of unbranched alkanes of at least 4 members (excludes halogenated alkanes) is 1. The molecule has 0 aromatic rings. The van der Waals surface area contributed by atoms with E-state index in [1.54, 1.807) is 0 Å². The summed E-state index contributed by atoms with van der Waals surface area (Å²) in [6.07, 6.45) is 0.884. The van der Waals surface area contributed by atoms with Crippen LogP contribution in [0, 0.1) is 11.8 Å². The molecule has 1 aliphatic rings. The second-order valence-electron chi connectivity index (χ2n) is 5.51. The van der Waals surface area contributed by atoms with Crippen molar-refractivity contribution in [3.8, 4) is 0 Å². The van der Waals surface area contributed by atoms with Gasteiger partial charge in [-0.15, -0.1) is 0 Å². The molecular weight excluding hydrogens is 271 g/mol. The molecule has 0 aromatic carbocycles. The highest BCUT2D eigenvalue weighted by molar-refractivity contribution is 5.73. The Labute approximate surface area is 118 Å². The van der Waals surface area contributed by atoms with Crippen molar-refractivity contribution in [2.24, 2.45) is 17.6 Å². The largest absolute Gasteiger partial charge is 0.465 e. The van der Waals surface area contributed by atoms with E-state index >= 15 is 0 Å². The molecule has 0 amide bonds. The predicted molar refractivity (Wildman–Crippen MR) is 70.0 cm³/mol. The number of carbonyl (C=O) groups is 1. The highest BCUT2D eigenvalue weighted by atomic mass is 19.4. The van der Waals surface area contributed by atoms with Gasteiger partial charge in [-0.1, -0.05) is 32.6 Å². The zero-order valence-corrected chi connectivity index (χ0v) is 11.9. The van der Waals surface area contributed by atoms with Crippen molar-refractivity contribution in [1.29, 1.82) is 0 Å². The van der Waals surface area contributed by atoms with E-state index in [1.807, 2.05) is 6.92 Å². The lowest BCUT2D eigenvalue weighted by atomic mass is 9.76. The molecule has 0 spiro atoms. The molecule has 0 bridgehead atoms. The molecule has 0 unspecified atom stereocenters. The van der Waals surface area contributed by atoms with Crippen LogP contribution in [0.1, 0.15) is 51.9 Å². The van der Waals surface area contributed by atoms with Crippen LogP contribution >= 0.6 is 0 Å². The molecule has 6 heteroatoms. The van der Waals surface area contributed by atoms with Gasteiger partial charge in [0.1, 0.15) is 6.04 Å². The van der Waals surface area contributed by atoms with Crippen molar-refractivity contribution in [2.75, 3.05) is 6.61 Å². The molecule has 1 rings (SSSR count).